The van der Waals surface area contributed by atoms with Crippen LogP contribution in [-0.2, 0) is 6.54 Å². The van der Waals surface area contributed by atoms with Crippen LogP contribution in [0.3, 0.4) is 0 Å². The van der Waals surface area contributed by atoms with E-state index in [0.717, 1.165) is 24.2 Å². The Bertz CT molecular complexity index is 506. The fourth-order valence-electron chi connectivity index (χ4n) is 2.63. The second-order valence-electron chi connectivity index (χ2n) is 6.03. The lowest BCUT2D eigenvalue weighted by atomic mass is 9.97. The molecule has 0 radical (unpaired) electrons. The van der Waals surface area contributed by atoms with E-state index in [4.69, 9.17) is 0 Å². The summed E-state index contributed by atoms with van der Waals surface area (Å²) in [4.78, 5) is 13.8. The Labute approximate surface area is 133 Å². The molecule has 2 N–H and O–H groups in total. The van der Waals surface area contributed by atoms with E-state index in [2.05, 4.69) is 33.7 Å². The van der Waals surface area contributed by atoms with Crippen LogP contribution in [0.5, 0.6) is 0 Å². The standard InChI is InChI=1S/C18H27N3O/c1-21(2)17-10-8-16(9-11-17)14-20-18(22)19-13-12-15-6-4-3-5-7-15/h6,8-11H,3-5,7,12-14H2,1-2H3,(H2,19,20,22). The van der Waals surface area contributed by atoms with Gasteiger partial charge in [-0.25, -0.2) is 4.79 Å². The summed E-state index contributed by atoms with van der Waals surface area (Å²) in [5.74, 6) is 0. The van der Waals surface area contributed by atoms with Gasteiger partial charge < -0.3 is 15.5 Å². The highest BCUT2D eigenvalue weighted by molar-refractivity contribution is 5.73. The van der Waals surface area contributed by atoms with Crippen LogP contribution in [0.4, 0.5) is 10.5 Å². The molecule has 120 valence electrons. The third-order valence-electron chi connectivity index (χ3n) is 4.02. The largest absolute Gasteiger partial charge is 0.378 e. The SMILES string of the molecule is CN(C)c1ccc(CNC(=O)NCCC2=CCCCC2)cc1. The van der Waals surface area contributed by atoms with E-state index in [1.54, 1.807) is 0 Å². The van der Waals surface area contributed by atoms with Crippen molar-refractivity contribution in [3.63, 3.8) is 0 Å². The normalized spacial score (nSPS) is 14.2. The summed E-state index contributed by atoms with van der Waals surface area (Å²) in [5, 5.41) is 5.83. The van der Waals surface area contributed by atoms with Crippen LogP contribution in [0.1, 0.15) is 37.7 Å². The van der Waals surface area contributed by atoms with Crippen LogP contribution in [0.25, 0.3) is 0 Å². The van der Waals surface area contributed by atoms with E-state index in [9.17, 15) is 4.79 Å². The van der Waals surface area contributed by atoms with E-state index in [-0.39, 0.29) is 6.03 Å². The fourth-order valence-corrected chi connectivity index (χ4v) is 2.63. The predicted octanol–water partition coefficient (Wildman–Crippen LogP) is 3.44. The summed E-state index contributed by atoms with van der Waals surface area (Å²) in [5.41, 5.74) is 3.76. The van der Waals surface area contributed by atoms with Crippen LogP contribution >= 0.6 is 0 Å². The van der Waals surface area contributed by atoms with Gasteiger partial charge in [0.1, 0.15) is 0 Å². The maximum Gasteiger partial charge on any atom is 0.315 e. The van der Waals surface area contributed by atoms with Crippen molar-refractivity contribution in [3.05, 3.63) is 41.5 Å². The summed E-state index contributed by atoms with van der Waals surface area (Å²) in [6.07, 6.45) is 8.30. The number of nitrogens with one attached hydrogen (secondary N) is 2. The first-order valence-corrected chi connectivity index (χ1v) is 8.11. The quantitative estimate of drug-likeness (QED) is 0.791. The van der Waals surface area contributed by atoms with E-state index >= 15 is 0 Å². The molecule has 0 atom stereocenters. The lowest BCUT2D eigenvalue weighted by molar-refractivity contribution is 0.240. The summed E-state index contributed by atoms with van der Waals surface area (Å²) >= 11 is 0. The number of anilines is 1. The van der Waals surface area contributed by atoms with Crippen LogP contribution in [0.15, 0.2) is 35.9 Å². The Balaban J connectivity index is 1.65. The molecule has 0 heterocycles. The summed E-state index contributed by atoms with van der Waals surface area (Å²) in [7, 11) is 4.03. The van der Waals surface area contributed by atoms with E-state index < -0.39 is 0 Å². The van der Waals surface area contributed by atoms with Crippen molar-refractivity contribution in [3.8, 4) is 0 Å². The lowest BCUT2D eigenvalue weighted by Gasteiger charge is -2.14. The molecule has 4 nitrogen and oxygen atoms in total. The molecule has 0 saturated heterocycles. The third kappa shape index (κ3) is 5.43. The van der Waals surface area contributed by atoms with Gasteiger partial charge in [-0.2, -0.15) is 0 Å². The molecule has 0 spiro atoms. The number of nitrogens with zero attached hydrogens (tertiary/aromatic N) is 1. The number of urea groups is 1. The number of amides is 2. The van der Waals surface area contributed by atoms with Crippen molar-refractivity contribution in [1.82, 2.24) is 10.6 Å². The van der Waals surface area contributed by atoms with E-state index in [0.29, 0.717) is 6.54 Å². The molecule has 0 unspecified atom stereocenters. The molecule has 1 aliphatic rings. The van der Waals surface area contributed by atoms with Gasteiger partial charge in [0.15, 0.2) is 0 Å². The fraction of sp³-hybridized carbons (Fsp3) is 0.500. The van der Waals surface area contributed by atoms with Crippen LogP contribution in [0.2, 0.25) is 0 Å². The molecule has 0 aliphatic heterocycles. The van der Waals surface area contributed by atoms with Gasteiger partial charge >= 0.3 is 6.03 Å². The summed E-state index contributed by atoms with van der Waals surface area (Å²) in [6.45, 7) is 1.28. The van der Waals surface area contributed by atoms with Gasteiger partial charge in [-0.15, -0.1) is 0 Å². The van der Waals surface area contributed by atoms with Gasteiger partial charge in [-0.1, -0.05) is 23.8 Å². The number of carbonyl (C=O) groups is 1. The Morgan fingerprint density at radius 3 is 2.55 bits per heavy atom. The molecular formula is C18H27N3O. The van der Waals surface area contributed by atoms with Crippen LogP contribution in [-0.4, -0.2) is 26.7 Å². The second kappa shape index (κ2) is 8.47. The number of hydrogen-bond donors (Lipinski definition) is 2. The molecular weight excluding hydrogens is 274 g/mol. The molecule has 0 aromatic heterocycles. The van der Waals surface area contributed by atoms with Gasteiger partial charge in [0.2, 0.25) is 0 Å². The zero-order valence-corrected chi connectivity index (χ0v) is 13.7. The van der Waals surface area contributed by atoms with Crippen molar-refractivity contribution in [2.45, 2.75) is 38.6 Å². The third-order valence-corrected chi connectivity index (χ3v) is 4.02. The zero-order valence-electron chi connectivity index (χ0n) is 13.7. The molecule has 4 heteroatoms. The Hall–Kier alpha value is -1.97. The highest BCUT2D eigenvalue weighted by Gasteiger charge is 2.05. The topological polar surface area (TPSA) is 44.4 Å². The van der Waals surface area contributed by atoms with E-state index in [1.165, 1.54) is 31.3 Å². The molecule has 1 aliphatic carbocycles. The highest BCUT2D eigenvalue weighted by Crippen LogP contribution is 2.19. The minimum atomic E-state index is -0.0897. The average molecular weight is 301 g/mol. The van der Waals surface area contributed by atoms with Gasteiger partial charge in [-0.05, 0) is 49.8 Å². The lowest BCUT2D eigenvalue weighted by Crippen LogP contribution is -2.35. The summed E-state index contributed by atoms with van der Waals surface area (Å²) < 4.78 is 0. The number of rotatable bonds is 6. The molecule has 0 bridgehead atoms. The van der Waals surface area contributed by atoms with Crippen molar-refractivity contribution in [1.29, 1.82) is 0 Å². The minimum Gasteiger partial charge on any atom is -0.378 e. The predicted molar refractivity (Wildman–Crippen MR) is 92.2 cm³/mol. The Kier molecular flexibility index (Phi) is 6.31. The monoisotopic (exact) mass is 301 g/mol. The first-order chi connectivity index (χ1) is 10.6. The second-order valence-corrected chi connectivity index (χ2v) is 6.03. The molecule has 2 rings (SSSR count). The maximum atomic E-state index is 11.8. The van der Waals surface area contributed by atoms with Crippen molar-refractivity contribution in [2.75, 3.05) is 25.5 Å². The van der Waals surface area contributed by atoms with Crippen LogP contribution < -0.4 is 15.5 Å². The highest BCUT2D eigenvalue weighted by atomic mass is 16.2. The molecule has 0 saturated carbocycles. The smallest absolute Gasteiger partial charge is 0.315 e. The molecule has 1 aromatic rings. The first kappa shape index (κ1) is 16.4. The average Bonchev–Trinajstić information content (AvgIpc) is 2.54. The molecule has 1 aromatic carbocycles. The van der Waals surface area contributed by atoms with Crippen molar-refractivity contribution < 1.29 is 4.79 Å². The van der Waals surface area contributed by atoms with Gasteiger partial charge in [0, 0.05) is 32.9 Å². The zero-order chi connectivity index (χ0) is 15.8. The molecule has 22 heavy (non-hydrogen) atoms. The number of allylic oxidation sites excluding steroid dienone is 1. The van der Waals surface area contributed by atoms with Crippen LogP contribution in [0, 0.1) is 0 Å². The van der Waals surface area contributed by atoms with Gasteiger partial charge in [-0.3, -0.25) is 0 Å². The minimum absolute atomic E-state index is 0.0897. The van der Waals surface area contributed by atoms with Crippen molar-refractivity contribution in [2.24, 2.45) is 0 Å². The molecule has 2 amide bonds. The molecule has 0 fully saturated rings. The number of benzene rings is 1. The van der Waals surface area contributed by atoms with E-state index in [1.807, 2.05) is 26.2 Å². The van der Waals surface area contributed by atoms with Gasteiger partial charge in [0.25, 0.3) is 0 Å². The Morgan fingerprint density at radius 1 is 1.14 bits per heavy atom. The summed E-state index contributed by atoms with van der Waals surface area (Å²) in [6, 6.07) is 8.12. The van der Waals surface area contributed by atoms with Crippen molar-refractivity contribution >= 4 is 11.7 Å². The Morgan fingerprint density at radius 2 is 1.91 bits per heavy atom. The first-order valence-electron chi connectivity index (χ1n) is 8.11. The number of carbonyl (C=O) groups excluding carboxylic acids is 1. The maximum absolute atomic E-state index is 11.8. The number of hydrogen-bond acceptors (Lipinski definition) is 2. The van der Waals surface area contributed by atoms with Gasteiger partial charge in [0.05, 0.1) is 0 Å².